The number of hydrogen-bond donors (Lipinski definition) is 3. The predicted molar refractivity (Wildman–Crippen MR) is 182 cm³/mol. The van der Waals surface area contributed by atoms with Gasteiger partial charge in [0.2, 0.25) is 0 Å². The molecule has 0 aromatic heterocycles. The van der Waals surface area contributed by atoms with Crippen molar-refractivity contribution < 1.29 is 38.3 Å². The average molecular weight is 822 g/mol. The van der Waals surface area contributed by atoms with Crippen LogP contribution in [0, 0.1) is 13.7 Å². The Labute approximate surface area is 291 Å². The Morgan fingerprint density at radius 1 is 1.15 bits per heavy atom. The Balaban J connectivity index is 1.35. The standard InChI is InChI=1S/C31H29BrIN5O9/c1-4-45-30(40)27-17(2)35-31(41)36-28(27)20-8-9-24(25(13-20)44-3)46-16-26(39)37-34-14-19-11-22(32)29(23(33)12-19)47-15-18-6-5-7-21(10-18)38(42)43/h5-14,28H,4,15-16H2,1-3H3,(H,37,39)(H2,35,36,41)/b34-14-/t28-/m0/s1. The van der Waals surface area contributed by atoms with E-state index in [1.807, 2.05) is 0 Å². The lowest BCUT2D eigenvalue weighted by atomic mass is 9.95. The van der Waals surface area contributed by atoms with Gasteiger partial charge >= 0.3 is 12.0 Å². The number of urea groups is 1. The van der Waals surface area contributed by atoms with Crippen LogP contribution < -0.4 is 30.3 Å². The topological polar surface area (TPSA) is 180 Å². The minimum absolute atomic E-state index is 0.0153. The van der Waals surface area contributed by atoms with Gasteiger partial charge in [-0.1, -0.05) is 18.2 Å². The molecule has 0 spiro atoms. The lowest BCUT2D eigenvalue weighted by molar-refractivity contribution is -0.384. The molecule has 4 rings (SSSR count). The summed E-state index contributed by atoms with van der Waals surface area (Å²) in [6.45, 7) is 3.23. The Kier molecular flexibility index (Phi) is 12.1. The highest BCUT2D eigenvalue weighted by atomic mass is 127. The van der Waals surface area contributed by atoms with Gasteiger partial charge in [-0.15, -0.1) is 0 Å². The third-order valence-corrected chi connectivity index (χ3v) is 7.96. The van der Waals surface area contributed by atoms with Crippen LogP contribution >= 0.6 is 38.5 Å². The highest BCUT2D eigenvalue weighted by Gasteiger charge is 2.32. The highest BCUT2D eigenvalue weighted by Crippen LogP contribution is 2.35. The number of esters is 1. The number of nitro benzene ring substituents is 1. The first kappa shape index (κ1) is 35.1. The van der Waals surface area contributed by atoms with E-state index in [1.54, 1.807) is 56.3 Å². The van der Waals surface area contributed by atoms with Crippen LogP contribution in [-0.2, 0) is 20.9 Å². The van der Waals surface area contributed by atoms with Gasteiger partial charge in [-0.2, -0.15) is 5.10 Å². The molecule has 3 N–H and O–H groups in total. The fourth-order valence-corrected chi connectivity index (χ4v) is 6.24. The second-order valence-corrected chi connectivity index (χ2v) is 11.8. The monoisotopic (exact) mass is 821 g/mol. The van der Waals surface area contributed by atoms with Crippen LogP contribution in [0.3, 0.4) is 0 Å². The van der Waals surface area contributed by atoms with E-state index in [0.717, 1.165) is 3.57 Å². The van der Waals surface area contributed by atoms with E-state index in [-0.39, 0.29) is 42.6 Å². The Hall–Kier alpha value is -4.71. The number of ether oxygens (including phenoxy) is 4. The first-order chi connectivity index (χ1) is 22.5. The van der Waals surface area contributed by atoms with Gasteiger partial charge in [-0.3, -0.25) is 14.9 Å². The van der Waals surface area contributed by atoms with Crippen LogP contribution in [-0.4, -0.2) is 49.4 Å². The van der Waals surface area contributed by atoms with E-state index in [4.69, 9.17) is 18.9 Å². The number of carbonyl (C=O) groups is 3. The van der Waals surface area contributed by atoms with Crippen molar-refractivity contribution >= 4 is 68.3 Å². The number of amides is 3. The number of non-ortho nitro benzene ring substituents is 1. The van der Waals surface area contributed by atoms with Crippen molar-refractivity contribution in [3.05, 3.63) is 101 Å². The molecule has 1 aliphatic heterocycles. The van der Waals surface area contributed by atoms with Gasteiger partial charge in [0.05, 0.1) is 44.5 Å². The van der Waals surface area contributed by atoms with Gasteiger partial charge < -0.3 is 29.6 Å². The number of methoxy groups -OCH3 is 1. The second-order valence-electron chi connectivity index (χ2n) is 9.81. The lowest BCUT2D eigenvalue weighted by Gasteiger charge is -2.28. The number of hydrogen-bond acceptors (Lipinski definition) is 10. The number of halogens is 2. The van der Waals surface area contributed by atoms with Gasteiger partial charge in [0, 0.05) is 17.8 Å². The molecule has 246 valence electrons. The molecule has 47 heavy (non-hydrogen) atoms. The number of hydrazone groups is 1. The van der Waals surface area contributed by atoms with Crippen molar-refractivity contribution in [3.63, 3.8) is 0 Å². The summed E-state index contributed by atoms with van der Waals surface area (Å²) in [5.41, 5.74) is 4.88. The normalized spacial score (nSPS) is 14.2. The maximum Gasteiger partial charge on any atom is 0.338 e. The smallest absolute Gasteiger partial charge is 0.338 e. The van der Waals surface area contributed by atoms with Crippen LogP contribution in [0.15, 0.2) is 75.4 Å². The number of carbonyl (C=O) groups excluding carboxylic acids is 3. The molecule has 3 aromatic rings. The summed E-state index contributed by atoms with van der Waals surface area (Å²) < 4.78 is 23.5. The van der Waals surface area contributed by atoms with E-state index in [9.17, 15) is 24.5 Å². The Morgan fingerprint density at radius 3 is 2.64 bits per heavy atom. The quantitative estimate of drug-likeness (QED) is 0.0681. The Morgan fingerprint density at radius 2 is 1.94 bits per heavy atom. The lowest BCUT2D eigenvalue weighted by Crippen LogP contribution is -2.45. The van der Waals surface area contributed by atoms with E-state index < -0.39 is 28.9 Å². The molecule has 16 heteroatoms. The molecule has 1 aliphatic rings. The molecule has 0 bridgehead atoms. The summed E-state index contributed by atoms with van der Waals surface area (Å²) >= 11 is 5.58. The third kappa shape index (κ3) is 9.19. The fourth-order valence-electron chi connectivity index (χ4n) is 4.47. The molecule has 0 unspecified atom stereocenters. The minimum Gasteiger partial charge on any atom is -0.493 e. The van der Waals surface area contributed by atoms with Crippen molar-refractivity contribution in [1.29, 1.82) is 0 Å². The van der Waals surface area contributed by atoms with E-state index in [1.165, 1.54) is 25.5 Å². The molecule has 0 fully saturated rings. The summed E-state index contributed by atoms with van der Waals surface area (Å²) in [6.07, 6.45) is 1.45. The summed E-state index contributed by atoms with van der Waals surface area (Å²) in [6, 6.07) is 13.3. The molecule has 1 atom stereocenters. The zero-order chi connectivity index (χ0) is 34.1. The molecule has 3 amide bonds. The highest BCUT2D eigenvalue weighted by molar-refractivity contribution is 14.1. The molecular formula is C31H29BrIN5O9. The number of nitro groups is 1. The summed E-state index contributed by atoms with van der Waals surface area (Å²) in [4.78, 5) is 47.8. The van der Waals surface area contributed by atoms with Gasteiger partial charge in [0.25, 0.3) is 11.6 Å². The van der Waals surface area contributed by atoms with Crippen molar-refractivity contribution in [1.82, 2.24) is 16.1 Å². The summed E-state index contributed by atoms with van der Waals surface area (Å²) in [7, 11) is 1.42. The molecule has 0 aliphatic carbocycles. The molecule has 0 saturated carbocycles. The average Bonchev–Trinajstić information content (AvgIpc) is 3.03. The van der Waals surface area contributed by atoms with Crippen LogP contribution in [0.1, 0.15) is 36.6 Å². The van der Waals surface area contributed by atoms with E-state index >= 15 is 0 Å². The largest absolute Gasteiger partial charge is 0.493 e. The molecule has 0 radical (unpaired) electrons. The van der Waals surface area contributed by atoms with Gasteiger partial charge in [0.15, 0.2) is 18.1 Å². The zero-order valence-electron chi connectivity index (χ0n) is 25.3. The van der Waals surface area contributed by atoms with Crippen LogP contribution in [0.2, 0.25) is 0 Å². The van der Waals surface area contributed by atoms with Crippen LogP contribution in [0.4, 0.5) is 10.5 Å². The SMILES string of the molecule is CCOC(=O)C1=C(C)NC(=O)N[C@H]1c1ccc(OCC(=O)N/N=C\c2cc(Br)c(OCc3cccc([N+](=O)[O-])c3)c(I)c2)c(OC)c1. The number of rotatable bonds is 13. The number of allylic oxidation sites excluding steroid dienone is 1. The number of nitrogens with zero attached hydrogens (tertiary/aromatic N) is 2. The summed E-state index contributed by atoms with van der Waals surface area (Å²) in [5.74, 6) is -0.0133. The van der Waals surface area contributed by atoms with Crippen LogP contribution in [0.25, 0.3) is 0 Å². The molecule has 3 aromatic carbocycles. The van der Waals surface area contributed by atoms with E-state index in [0.29, 0.717) is 32.6 Å². The van der Waals surface area contributed by atoms with Gasteiger partial charge in [-0.25, -0.2) is 15.0 Å². The fraction of sp³-hybridized carbons (Fsp3) is 0.226. The predicted octanol–water partition coefficient (Wildman–Crippen LogP) is 5.27. The number of benzene rings is 3. The zero-order valence-corrected chi connectivity index (χ0v) is 29.0. The van der Waals surface area contributed by atoms with Gasteiger partial charge in [0.1, 0.15) is 12.4 Å². The maximum absolute atomic E-state index is 12.6. The van der Waals surface area contributed by atoms with E-state index in [2.05, 4.69) is 59.7 Å². The molecule has 1 heterocycles. The third-order valence-electron chi connectivity index (χ3n) is 6.57. The summed E-state index contributed by atoms with van der Waals surface area (Å²) in [5, 5.41) is 20.3. The molecule has 0 saturated heterocycles. The number of nitrogens with one attached hydrogen (secondary N) is 3. The van der Waals surface area contributed by atoms with Crippen molar-refractivity contribution in [3.8, 4) is 17.2 Å². The van der Waals surface area contributed by atoms with Crippen molar-refractivity contribution in [2.45, 2.75) is 26.5 Å². The first-order valence-corrected chi connectivity index (χ1v) is 15.8. The maximum atomic E-state index is 12.6. The van der Waals surface area contributed by atoms with Crippen LogP contribution in [0.5, 0.6) is 17.2 Å². The molecular weight excluding hydrogens is 793 g/mol. The van der Waals surface area contributed by atoms with Crippen molar-refractivity contribution in [2.75, 3.05) is 20.3 Å². The molecule has 14 nitrogen and oxygen atoms in total. The van der Waals surface area contributed by atoms with Crippen molar-refractivity contribution in [2.24, 2.45) is 5.10 Å². The second kappa shape index (κ2) is 16.2. The first-order valence-electron chi connectivity index (χ1n) is 13.9. The minimum atomic E-state index is -0.792. The van der Waals surface area contributed by atoms with Gasteiger partial charge in [-0.05, 0) is 93.3 Å². The Bertz CT molecular complexity index is 1740.